The van der Waals surface area contributed by atoms with E-state index < -0.39 is 5.97 Å². The molecule has 0 saturated carbocycles. The lowest BCUT2D eigenvalue weighted by atomic mass is 10.1. The van der Waals surface area contributed by atoms with E-state index in [2.05, 4.69) is 5.32 Å². The van der Waals surface area contributed by atoms with Gasteiger partial charge in [-0.1, -0.05) is 29.8 Å². The van der Waals surface area contributed by atoms with E-state index in [-0.39, 0.29) is 5.56 Å². The highest BCUT2D eigenvalue weighted by Crippen LogP contribution is 2.35. The van der Waals surface area contributed by atoms with Gasteiger partial charge in [-0.15, -0.1) is 0 Å². The summed E-state index contributed by atoms with van der Waals surface area (Å²) in [5.74, 6) is -0.482. The van der Waals surface area contributed by atoms with Gasteiger partial charge in [-0.25, -0.2) is 4.79 Å². The van der Waals surface area contributed by atoms with Gasteiger partial charge >= 0.3 is 5.97 Å². The first-order chi connectivity index (χ1) is 9.63. The fourth-order valence-corrected chi connectivity index (χ4v) is 2.05. The van der Waals surface area contributed by atoms with Gasteiger partial charge in [-0.05, 0) is 31.2 Å². The van der Waals surface area contributed by atoms with Crippen molar-refractivity contribution in [3.05, 3.63) is 53.1 Å². The van der Waals surface area contributed by atoms with Gasteiger partial charge in [-0.2, -0.15) is 0 Å². The van der Waals surface area contributed by atoms with Crippen molar-refractivity contribution in [1.82, 2.24) is 0 Å². The Morgan fingerprint density at radius 3 is 2.60 bits per heavy atom. The molecule has 4 nitrogen and oxygen atoms in total. The summed E-state index contributed by atoms with van der Waals surface area (Å²) in [5, 5.41) is 12.7. The number of para-hydroxylation sites is 2. The Morgan fingerprint density at radius 1 is 1.20 bits per heavy atom. The number of hydrogen-bond donors (Lipinski definition) is 2. The molecule has 2 aromatic carbocycles. The second-order valence-electron chi connectivity index (χ2n) is 4.03. The van der Waals surface area contributed by atoms with E-state index in [0.29, 0.717) is 28.8 Å². The number of carboxylic acids is 1. The molecule has 0 bridgehead atoms. The molecule has 0 radical (unpaired) electrons. The van der Waals surface area contributed by atoms with Crippen molar-refractivity contribution >= 4 is 28.9 Å². The molecular formula is C15H14ClNO3. The zero-order valence-corrected chi connectivity index (χ0v) is 11.6. The van der Waals surface area contributed by atoms with Gasteiger partial charge in [0.1, 0.15) is 0 Å². The molecular weight excluding hydrogens is 278 g/mol. The van der Waals surface area contributed by atoms with Crippen LogP contribution >= 0.6 is 11.6 Å². The van der Waals surface area contributed by atoms with Crippen LogP contribution in [0.4, 0.5) is 11.4 Å². The SMILES string of the molecule is CCOc1c(Cl)cccc1Nc1ccccc1C(=O)O. The Bertz CT molecular complexity index is 628. The van der Waals surface area contributed by atoms with Crippen LogP contribution in [-0.4, -0.2) is 17.7 Å². The molecule has 2 aromatic rings. The molecule has 0 heterocycles. The molecule has 2 rings (SSSR count). The molecule has 0 unspecified atom stereocenters. The number of carboxylic acid groups (broad SMARTS) is 1. The van der Waals surface area contributed by atoms with E-state index in [4.69, 9.17) is 16.3 Å². The molecule has 0 spiro atoms. The van der Waals surface area contributed by atoms with Crippen LogP contribution in [0.2, 0.25) is 5.02 Å². The summed E-state index contributed by atoms with van der Waals surface area (Å²) < 4.78 is 5.50. The van der Waals surface area contributed by atoms with Crippen LogP contribution in [0.15, 0.2) is 42.5 Å². The van der Waals surface area contributed by atoms with Crippen LogP contribution in [0.25, 0.3) is 0 Å². The van der Waals surface area contributed by atoms with E-state index in [0.717, 1.165) is 0 Å². The average Bonchev–Trinajstić information content (AvgIpc) is 2.43. The number of hydrogen-bond acceptors (Lipinski definition) is 3. The Balaban J connectivity index is 2.40. The van der Waals surface area contributed by atoms with Crippen molar-refractivity contribution in [3.63, 3.8) is 0 Å². The Labute approximate surface area is 122 Å². The quantitative estimate of drug-likeness (QED) is 0.867. The van der Waals surface area contributed by atoms with E-state index >= 15 is 0 Å². The molecule has 0 atom stereocenters. The predicted octanol–water partition coefficient (Wildman–Crippen LogP) is 4.18. The molecule has 104 valence electrons. The summed E-state index contributed by atoms with van der Waals surface area (Å²) in [4.78, 5) is 11.2. The minimum absolute atomic E-state index is 0.190. The fourth-order valence-electron chi connectivity index (χ4n) is 1.82. The maximum atomic E-state index is 11.2. The van der Waals surface area contributed by atoms with E-state index in [1.807, 2.05) is 6.92 Å². The number of rotatable bonds is 5. The minimum atomic E-state index is -0.993. The smallest absolute Gasteiger partial charge is 0.337 e. The van der Waals surface area contributed by atoms with Gasteiger partial charge in [0.05, 0.1) is 28.6 Å². The molecule has 2 N–H and O–H groups in total. The van der Waals surface area contributed by atoms with Crippen LogP contribution < -0.4 is 10.1 Å². The van der Waals surface area contributed by atoms with Crippen molar-refractivity contribution in [2.75, 3.05) is 11.9 Å². The van der Waals surface area contributed by atoms with Gasteiger partial charge in [-0.3, -0.25) is 0 Å². The van der Waals surface area contributed by atoms with Crippen molar-refractivity contribution in [2.45, 2.75) is 6.92 Å². The minimum Gasteiger partial charge on any atom is -0.490 e. The number of carbonyl (C=O) groups is 1. The van der Waals surface area contributed by atoms with Crippen LogP contribution in [0.3, 0.4) is 0 Å². The molecule has 20 heavy (non-hydrogen) atoms. The number of nitrogens with one attached hydrogen (secondary N) is 1. The van der Waals surface area contributed by atoms with Gasteiger partial charge in [0.2, 0.25) is 0 Å². The molecule has 5 heteroatoms. The summed E-state index contributed by atoms with van der Waals surface area (Å²) >= 11 is 6.10. The molecule has 0 aliphatic carbocycles. The zero-order valence-electron chi connectivity index (χ0n) is 10.9. The molecule has 0 amide bonds. The lowest BCUT2D eigenvalue weighted by Crippen LogP contribution is -2.04. The highest BCUT2D eigenvalue weighted by atomic mass is 35.5. The van der Waals surface area contributed by atoms with Gasteiger partial charge in [0.15, 0.2) is 5.75 Å². The Morgan fingerprint density at radius 2 is 1.90 bits per heavy atom. The van der Waals surface area contributed by atoms with Crippen LogP contribution in [-0.2, 0) is 0 Å². The first-order valence-corrected chi connectivity index (χ1v) is 6.52. The largest absolute Gasteiger partial charge is 0.490 e. The first-order valence-electron chi connectivity index (χ1n) is 6.14. The number of halogens is 1. The third-order valence-electron chi connectivity index (χ3n) is 2.68. The lowest BCUT2D eigenvalue weighted by molar-refractivity contribution is 0.0698. The summed E-state index contributed by atoms with van der Waals surface area (Å²) in [5.41, 5.74) is 1.31. The van der Waals surface area contributed by atoms with Crippen LogP contribution in [0.1, 0.15) is 17.3 Å². The maximum Gasteiger partial charge on any atom is 0.337 e. The van der Waals surface area contributed by atoms with E-state index in [1.54, 1.807) is 36.4 Å². The highest BCUT2D eigenvalue weighted by molar-refractivity contribution is 6.32. The highest BCUT2D eigenvalue weighted by Gasteiger charge is 2.12. The zero-order chi connectivity index (χ0) is 14.5. The van der Waals surface area contributed by atoms with Crippen molar-refractivity contribution in [3.8, 4) is 5.75 Å². The van der Waals surface area contributed by atoms with Crippen molar-refractivity contribution in [2.24, 2.45) is 0 Å². The van der Waals surface area contributed by atoms with Crippen molar-refractivity contribution < 1.29 is 14.6 Å². The fraction of sp³-hybridized carbons (Fsp3) is 0.133. The summed E-state index contributed by atoms with van der Waals surface area (Å²) in [6.07, 6.45) is 0. The Kier molecular flexibility index (Phi) is 4.48. The number of aromatic carboxylic acids is 1. The number of ether oxygens (including phenoxy) is 1. The molecule has 0 aromatic heterocycles. The topological polar surface area (TPSA) is 58.6 Å². The predicted molar refractivity (Wildman–Crippen MR) is 79.3 cm³/mol. The standard InChI is InChI=1S/C15H14ClNO3/c1-2-20-14-11(16)7-5-9-13(14)17-12-8-4-3-6-10(12)15(18)19/h3-9,17H,2H2,1H3,(H,18,19). The van der Waals surface area contributed by atoms with Gasteiger partial charge in [0, 0.05) is 0 Å². The molecule has 0 fully saturated rings. The third kappa shape index (κ3) is 3.03. The van der Waals surface area contributed by atoms with E-state index in [9.17, 15) is 9.90 Å². The number of anilines is 2. The number of benzene rings is 2. The molecule has 0 aliphatic rings. The van der Waals surface area contributed by atoms with Crippen LogP contribution in [0.5, 0.6) is 5.75 Å². The maximum absolute atomic E-state index is 11.2. The second-order valence-corrected chi connectivity index (χ2v) is 4.43. The summed E-state index contributed by atoms with van der Waals surface area (Å²) in [6, 6.07) is 12.0. The van der Waals surface area contributed by atoms with Crippen molar-refractivity contribution in [1.29, 1.82) is 0 Å². The normalized spacial score (nSPS) is 10.1. The molecule has 0 aliphatic heterocycles. The van der Waals surface area contributed by atoms with Gasteiger partial charge < -0.3 is 15.2 Å². The van der Waals surface area contributed by atoms with Crippen LogP contribution in [0, 0.1) is 0 Å². The molecule has 0 saturated heterocycles. The third-order valence-corrected chi connectivity index (χ3v) is 2.98. The monoisotopic (exact) mass is 291 g/mol. The Hall–Kier alpha value is -2.20. The average molecular weight is 292 g/mol. The van der Waals surface area contributed by atoms with E-state index in [1.165, 1.54) is 6.07 Å². The van der Waals surface area contributed by atoms with Gasteiger partial charge in [0.25, 0.3) is 0 Å². The second kappa shape index (κ2) is 6.30. The first kappa shape index (κ1) is 14.2. The lowest BCUT2D eigenvalue weighted by Gasteiger charge is -2.15. The summed E-state index contributed by atoms with van der Waals surface area (Å²) in [7, 11) is 0. The summed E-state index contributed by atoms with van der Waals surface area (Å²) in [6.45, 7) is 2.33.